The van der Waals surface area contributed by atoms with Crippen molar-refractivity contribution in [3.8, 4) is 0 Å². The second-order valence-electron chi connectivity index (χ2n) is 7.21. The van der Waals surface area contributed by atoms with Gasteiger partial charge in [0, 0.05) is 43.3 Å². The van der Waals surface area contributed by atoms with Crippen LogP contribution in [0.25, 0.3) is 10.9 Å². The molecule has 0 bridgehead atoms. The maximum absolute atomic E-state index is 11.9. The lowest BCUT2D eigenvalue weighted by Gasteiger charge is -2.33. The van der Waals surface area contributed by atoms with Gasteiger partial charge in [-0.1, -0.05) is 18.2 Å². The number of carbonyl (C=O) groups is 1. The number of aromatic nitrogens is 1. The smallest absolute Gasteiger partial charge is 0.309 e. The number of nitrogens with one attached hydrogen (secondary N) is 2. The largest absolute Gasteiger partial charge is 0.466 e. The average molecular weight is 512 g/mol. The maximum atomic E-state index is 11.9. The first-order chi connectivity index (χ1) is 13.7. The zero-order valence-corrected chi connectivity index (χ0v) is 19.8. The number of halogens is 1. The molecule has 160 valence electrons. The number of likely N-dealkylation sites (tertiary alicyclic amines) is 1. The summed E-state index contributed by atoms with van der Waals surface area (Å²) in [4.78, 5) is 22.4. The molecule has 0 spiro atoms. The molecule has 1 aliphatic heterocycles. The Kier molecular flexibility index (Phi) is 9.76. The van der Waals surface area contributed by atoms with Crippen LogP contribution in [0.4, 0.5) is 0 Å². The number of piperidine rings is 1. The van der Waals surface area contributed by atoms with Crippen LogP contribution < -0.4 is 5.32 Å². The number of H-pyrrole nitrogens is 1. The molecule has 1 aromatic heterocycles. The summed E-state index contributed by atoms with van der Waals surface area (Å²) in [5.74, 6) is 0.938. The van der Waals surface area contributed by atoms with E-state index in [1.807, 2.05) is 6.92 Å². The highest BCUT2D eigenvalue weighted by molar-refractivity contribution is 14.0. The number of aliphatic imine (C=N–C) groups is 1. The minimum absolute atomic E-state index is 0. The van der Waals surface area contributed by atoms with E-state index in [9.17, 15) is 4.79 Å². The third kappa shape index (κ3) is 6.35. The minimum atomic E-state index is -0.0529. The van der Waals surface area contributed by atoms with Crippen molar-refractivity contribution in [2.75, 3.05) is 32.8 Å². The Hall–Kier alpha value is -1.77. The molecule has 0 saturated carbocycles. The molecule has 2 aromatic rings. The van der Waals surface area contributed by atoms with Crippen molar-refractivity contribution in [1.82, 2.24) is 15.2 Å². The zero-order chi connectivity index (χ0) is 19.8. The van der Waals surface area contributed by atoms with Crippen molar-refractivity contribution in [3.63, 3.8) is 0 Å². The first-order valence-electron chi connectivity index (χ1n) is 10.5. The van der Waals surface area contributed by atoms with E-state index in [0.717, 1.165) is 57.8 Å². The van der Waals surface area contributed by atoms with E-state index >= 15 is 0 Å². The highest BCUT2D eigenvalue weighted by Crippen LogP contribution is 2.20. The topological polar surface area (TPSA) is 69.7 Å². The lowest BCUT2D eigenvalue weighted by Crippen LogP contribution is -2.46. The monoisotopic (exact) mass is 512 g/mol. The number of ether oxygens (including phenoxy) is 1. The molecule has 1 saturated heterocycles. The molecule has 0 unspecified atom stereocenters. The molecule has 3 rings (SSSR count). The van der Waals surface area contributed by atoms with Crippen LogP contribution in [0.15, 0.2) is 35.5 Å². The van der Waals surface area contributed by atoms with Crippen molar-refractivity contribution < 1.29 is 9.53 Å². The van der Waals surface area contributed by atoms with Gasteiger partial charge in [-0.3, -0.25) is 9.79 Å². The van der Waals surface area contributed by atoms with E-state index in [1.165, 1.54) is 16.5 Å². The molecule has 7 heteroatoms. The van der Waals surface area contributed by atoms with E-state index in [2.05, 4.69) is 52.6 Å². The summed E-state index contributed by atoms with van der Waals surface area (Å²) in [5.41, 5.74) is 2.55. The Labute approximate surface area is 190 Å². The summed E-state index contributed by atoms with van der Waals surface area (Å²) in [6, 6.07) is 8.42. The Bertz CT molecular complexity index is 797. The number of esters is 1. The number of benzene rings is 1. The van der Waals surface area contributed by atoms with Gasteiger partial charge < -0.3 is 19.9 Å². The van der Waals surface area contributed by atoms with Crippen molar-refractivity contribution >= 4 is 46.8 Å². The van der Waals surface area contributed by atoms with E-state index in [0.29, 0.717) is 6.61 Å². The number of hydrogen-bond acceptors (Lipinski definition) is 3. The van der Waals surface area contributed by atoms with Gasteiger partial charge in [0.15, 0.2) is 5.96 Å². The number of aromatic amines is 1. The molecule has 0 aliphatic carbocycles. The summed E-state index contributed by atoms with van der Waals surface area (Å²) in [6.45, 7) is 7.74. The number of guanidine groups is 1. The van der Waals surface area contributed by atoms with Crippen LogP contribution in [0.5, 0.6) is 0 Å². The Morgan fingerprint density at radius 1 is 1.28 bits per heavy atom. The van der Waals surface area contributed by atoms with Crippen LogP contribution in [0.3, 0.4) is 0 Å². The summed E-state index contributed by atoms with van der Waals surface area (Å²) in [7, 11) is 0. The van der Waals surface area contributed by atoms with Crippen LogP contribution in [0.2, 0.25) is 0 Å². The van der Waals surface area contributed by atoms with Gasteiger partial charge in [-0.05, 0) is 51.2 Å². The number of para-hydroxylation sites is 1. The van der Waals surface area contributed by atoms with Gasteiger partial charge in [0.1, 0.15) is 0 Å². The molecule has 1 aromatic carbocycles. The molecule has 0 radical (unpaired) electrons. The fourth-order valence-corrected chi connectivity index (χ4v) is 3.81. The third-order valence-electron chi connectivity index (χ3n) is 5.29. The van der Waals surface area contributed by atoms with Gasteiger partial charge >= 0.3 is 5.97 Å². The number of rotatable bonds is 7. The van der Waals surface area contributed by atoms with Crippen molar-refractivity contribution in [3.05, 3.63) is 36.0 Å². The molecule has 6 nitrogen and oxygen atoms in total. The highest BCUT2D eigenvalue weighted by atomic mass is 127. The summed E-state index contributed by atoms with van der Waals surface area (Å²) >= 11 is 0. The zero-order valence-electron chi connectivity index (χ0n) is 17.4. The molecule has 2 N–H and O–H groups in total. The van der Waals surface area contributed by atoms with Gasteiger partial charge in [-0.25, -0.2) is 0 Å². The van der Waals surface area contributed by atoms with Gasteiger partial charge in [-0.2, -0.15) is 0 Å². The maximum Gasteiger partial charge on any atom is 0.309 e. The Balaban J connectivity index is 0.00000300. The molecule has 29 heavy (non-hydrogen) atoms. The summed E-state index contributed by atoms with van der Waals surface area (Å²) in [6.07, 6.45) is 5.80. The van der Waals surface area contributed by atoms with Crippen LogP contribution in [-0.2, 0) is 16.0 Å². The van der Waals surface area contributed by atoms with Crippen molar-refractivity contribution in [2.45, 2.75) is 39.5 Å². The van der Waals surface area contributed by atoms with Gasteiger partial charge in [0.05, 0.1) is 12.5 Å². The molecule has 2 heterocycles. The number of nitrogens with zero attached hydrogens (tertiary/aromatic N) is 2. The first kappa shape index (κ1) is 23.5. The summed E-state index contributed by atoms with van der Waals surface area (Å²) < 4.78 is 5.16. The molecule has 0 amide bonds. The standard InChI is InChI=1S/C22H32N4O2.HI/c1-3-23-22(26-14-11-17(12-15-26)21(27)28-4-2)24-13-7-8-18-16-25-20-10-6-5-9-19(18)20;/h5-6,9-10,16-17,25H,3-4,7-8,11-15H2,1-2H3,(H,23,24);1H. The Morgan fingerprint density at radius 3 is 2.76 bits per heavy atom. The SMILES string of the molecule is CCNC(=NCCCc1c[nH]c2ccccc12)N1CCC(C(=O)OCC)CC1.I. The molecular weight excluding hydrogens is 479 g/mol. The van der Waals surface area contributed by atoms with E-state index < -0.39 is 0 Å². The third-order valence-corrected chi connectivity index (χ3v) is 5.29. The molecule has 0 atom stereocenters. The lowest BCUT2D eigenvalue weighted by atomic mass is 9.97. The fourth-order valence-electron chi connectivity index (χ4n) is 3.81. The fraction of sp³-hybridized carbons (Fsp3) is 0.545. The van der Waals surface area contributed by atoms with E-state index in [1.54, 1.807) is 0 Å². The quantitative estimate of drug-likeness (QED) is 0.194. The van der Waals surface area contributed by atoms with Crippen molar-refractivity contribution in [1.29, 1.82) is 0 Å². The summed E-state index contributed by atoms with van der Waals surface area (Å²) in [5, 5.41) is 4.70. The molecule has 1 fully saturated rings. The normalized spacial score (nSPS) is 15.2. The average Bonchev–Trinajstić information content (AvgIpc) is 3.14. The van der Waals surface area contributed by atoms with E-state index in [-0.39, 0.29) is 35.9 Å². The van der Waals surface area contributed by atoms with Gasteiger partial charge in [-0.15, -0.1) is 24.0 Å². The predicted molar refractivity (Wildman–Crippen MR) is 129 cm³/mol. The van der Waals surface area contributed by atoms with Crippen LogP contribution in [0, 0.1) is 5.92 Å². The number of fused-ring (bicyclic) bond motifs is 1. The van der Waals surface area contributed by atoms with Crippen LogP contribution in [0.1, 0.15) is 38.7 Å². The van der Waals surface area contributed by atoms with Crippen LogP contribution >= 0.6 is 24.0 Å². The number of hydrogen-bond donors (Lipinski definition) is 2. The predicted octanol–water partition coefficient (Wildman–Crippen LogP) is 3.96. The Morgan fingerprint density at radius 2 is 2.03 bits per heavy atom. The van der Waals surface area contributed by atoms with Gasteiger partial charge in [0.25, 0.3) is 0 Å². The molecule has 1 aliphatic rings. The number of carbonyl (C=O) groups excluding carboxylic acids is 1. The van der Waals surface area contributed by atoms with Crippen molar-refractivity contribution in [2.24, 2.45) is 10.9 Å². The lowest BCUT2D eigenvalue weighted by molar-refractivity contribution is -0.149. The second-order valence-corrected chi connectivity index (χ2v) is 7.21. The highest BCUT2D eigenvalue weighted by Gasteiger charge is 2.27. The van der Waals surface area contributed by atoms with Crippen LogP contribution in [-0.4, -0.2) is 54.6 Å². The second kappa shape index (κ2) is 12.0. The van der Waals surface area contributed by atoms with E-state index in [4.69, 9.17) is 9.73 Å². The first-order valence-corrected chi connectivity index (χ1v) is 10.5. The number of aryl methyl sites for hydroxylation is 1. The minimum Gasteiger partial charge on any atom is -0.466 e. The molecular formula is C22H33IN4O2. The van der Waals surface area contributed by atoms with Gasteiger partial charge in [0.2, 0.25) is 0 Å².